The molecule has 1 fully saturated rings. The van der Waals surface area contributed by atoms with Crippen molar-refractivity contribution < 1.29 is 4.39 Å². The average molecular weight is 505 g/mol. The van der Waals surface area contributed by atoms with Crippen LogP contribution < -0.4 is 21.8 Å². The number of rotatable bonds is 6. The zero-order valence-electron chi connectivity index (χ0n) is 20.9. The first-order valence-corrected chi connectivity index (χ1v) is 12.4. The molecule has 192 valence electrons. The zero-order chi connectivity index (χ0) is 26.1. The van der Waals surface area contributed by atoms with Crippen molar-refractivity contribution in [3.63, 3.8) is 0 Å². The average Bonchev–Trinajstić information content (AvgIpc) is 3.28. The van der Waals surface area contributed by atoms with Crippen LogP contribution in [0.1, 0.15) is 31.3 Å². The van der Waals surface area contributed by atoms with Gasteiger partial charge in [-0.2, -0.15) is 0 Å². The molecule has 4 heterocycles. The first-order chi connectivity index (χ1) is 17.9. The van der Waals surface area contributed by atoms with Crippen LogP contribution in [-0.4, -0.2) is 54.7 Å². The lowest BCUT2D eigenvalue weighted by molar-refractivity contribution is 0.366. The third kappa shape index (κ3) is 4.49. The van der Waals surface area contributed by atoms with Gasteiger partial charge < -0.3 is 10.6 Å². The van der Waals surface area contributed by atoms with Crippen LogP contribution in [0.2, 0.25) is 0 Å². The summed E-state index contributed by atoms with van der Waals surface area (Å²) in [5.74, 6) is 6.67. The lowest BCUT2D eigenvalue weighted by Gasteiger charge is -2.31. The highest BCUT2D eigenvalue weighted by molar-refractivity contribution is 5.80. The minimum atomic E-state index is -0.821. The number of aryl methyl sites for hydroxylation is 1. The maximum atomic E-state index is 13.9. The van der Waals surface area contributed by atoms with Crippen molar-refractivity contribution in [2.75, 3.05) is 24.7 Å². The summed E-state index contributed by atoms with van der Waals surface area (Å²) in [6.07, 6.45) is 1.77. The van der Waals surface area contributed by atoms with Crippen LogP contribution in [0.3, 0.4) is 0 Å². The molecule has 1 aliphatic rings. The largest absolute Gasteiger partial charge is 0.341 e. The summed E-state index contributed by atoms with van der Waals surface area (Å²) in [6, 6.07) is 7.53. The number of hydrogen-bond acceptors (Lipinski definition) is 7. The lowest BCUT2D eigenvalue weighted by atomic mass is 10.1. The smallest absolute Gasteiger partial charge is 0.293 e. The van der Waals surface area contributed by atoms with Crippen molar-refractivity contribution in [1.29, 1.82) is 0 Å². The van der Waals surface area contributed by atoms with Gasteiger partial charge in [-0.15, -0.1) is 5.92 Å². The Morgan fingerprint density at radius 2 is 1.95 bits per heavy atom. The molecule has 37 heavy (non-hydrogen) atoms. The molecule has 10 nitrogen and oxygen atoms in total. The molecule has 5 rings (SSSR count). The van der Waals surface area contributed by atoms with Gasteiger partial charge in [0.1, 0.15) is 18.7 Å². The summed E-state index contributed by atoms with van der Waals surface area (Å²) < 4.78 is 17.6. The number of nitrogens with zero attached hydrogens (tertiary/aromatic N) is 7. The Hall–Kier alpha value is -4.04. The van der Waals surface area contributed by atoms with Gasteiger partial charge in [0.2, 0.25) is 5.95 Å². The van der Waals surface area contributed by atoms with Crippen LogP contribution in [-0.2, 0) is 19.6 Å². The molecule has 0 spiro atoms. The molecule has 1 aliphatic heterocycles. The minimum absolute atomic E-state index is 0.00245. The number of imidazole rings is 1. The lowest BCUT2D eigenvalue weighted by Crippen LogP contribution is -2.44. The molecule has 0 bridgehead atoms. The first-order valence-electron chi connectivity index (χ1n) is 12.4. The van der Waals surface area contributed by atoms with E-state index in [1.165, 1.54) is 4.68 Å². The number of nitrogens with two attached hydrogens (primary N) is 1. The maximum Gasteiger partial charge on any atom is 0.293 e. The molecular formula is C26H29FN8O2. The molecule has 0 radical (unpaired) electrons. The molecule has 1 aromatic carbocycles. The van der Waals surface area contributed by atoms with Gasteiger partial charge in [-0.25, -0.2) is 28.7 Å². The summed E-state index contributed by atoms with van der Waals surface area (Å²) in [7, 11) is 0. The second kappa shape index (κ2) is 10.1. The Morgan fingerprint density at radius 3 is 2.70 bits per heavy atom. The third-order valence-corrected chi connectivity index (χ3v) is 6.70. The van der Waals surface area contributed by atoms with E-state index in [1.54, 1.807) is 11.5 Å². The molecule has 0 amide bonds. The molecule has 11 heteroatoms. The zero-order valence-corrected chi connectivity index (χ0v) is 20.9. The molecular weight excluding hydrogens is 475 g/mol. The number of halogens is 1. The normalized spacial score (nSPS) is 15.8. The van der Waals surface area contributed by atoms with E-state index in [0.29, 0.717) is 24.9 Å². The molecule has 2 N–H and O–H groups in total. The monoisotopic (exact) mass is 504 g/mol. The van der Waals surface area contributed by atoms with Crippen LogP contribution in [0.25, 0.3) is 21.9 Å². The van der Waals surface area contributed by atoms with Crippen molar-refractivity contribution in [3.8, 4) is 11.8 Å². The summed E-state index contributed by atoms with van der Waals surface area (Å²) in [5, 5.41) is 0.899. The highest BCUT2D eigenvalue weighted by atomic mass is 19.1. The standard InChI is InChI=1S/C26H29FN8O2/c1-3-4-13-33-23-22(31-26(33)32-12-7-8-18(28)15-32)24(36)34(14-11-27)35(25(23)37)16-21-29-17(2)19-9-5-6-10-20(19)30-21/h5-6,9-10,18H,7-8,11-16,28H2,1-2H3/t18-/m1/s1. The molecule has 0 saturated carbocycles. The van der Waals surface area contributed by atoms with Crippen LogP contribution >= 0.6 is 0 Å². The van der Waals surface area contributed by atoms with Gasteiger partial charge in [-0.3, -0.25) is 14.2 Å². The predicted molar refractivity (Wildman–Crippen MR) is 140 cm³/mol. The quantitative estimate of drug-likeness (QED) is 0.396. The van der Waals surface area contributed by atoms with Gasteiger partial charge in [0.15, 0.2) is 11.3 Å². The maximum absolute atomic E-state index is 13.9. The van der Waals surface area contributed by atoms with E-state index in [4.69, 9.17) is 5.73 Å². The molecule has 0 aliphatic carbocycles. The van der Waals surface area contributed by atoms with Gasteiger partial charge in [0, 0.05) is 30.2 Å². The van der Waals surface area contributed by atoms with Crippen molar-refractivity contribution in [1.82, 2.24) is 28.9 Å². The Morgan fingerprint density at radius 1 is 1.14 bits per heavy atom. The van der Waals surface area contributed by atoms with Gasteiger partial charge in [0.05, 0.1) is 18.6 Å². The van der Waals surface area contributed by atoms with Crippen molar-refractivity contribution >= 4 is 27.9 Å². The van der Waals surface area contributed by atoms with E-state index in [0.717, 1.165) is 34.1 Å². The second-order valence-electron chi connectivity index (χ2n) is 9.19. The van der Waals surface area contributed by atoms with Crippen molar-refractivity contribution in [3.05, 3.63) is 56.5 Å². The van der Waals surface area contributed by atoms with E-state index >= 15 is 0 Å². The summed E-state index contributed by atoms with van der Waals surface area (Å²) in [4.78, 5) is 43.3. The van der Waals surface area contributed by atoms with Gasteiger partial charge >= 0.3 is 0 Å². The number of fused-ring (bicyclic) bond motifs is 2. The van der Waals surface area contributed by atoms with Gasteiger partial charge in [-0.05, 0) is 32.8 Å². The van der Waals surface area contributed by atoms with E-state index in [1.807, 2.05) is 36.1 Å². The fourth-order valence-corrected chi connectivity index (χ4v) is 4.97. The Bertz CT molecular complexity index is 1660. The highest BCUT2D eigenvalue weighted by Gasteiger charge is 2.27. The molecule has 0 unspecified atom stereocenters. The van der Waals surface area contributed by atoms with Gasteiger partial charge in [0.25, 0.3) is 11.1 Å². The van der Waals surface area contributed by atoms with Crippen LogP contribution in [0.5, 0.6) is 0 Å². The molecule has 1 atom stereocenters. The predicted octanol–water partition coefficient (Wildman–Crippen LogP) is 1.58. The number of para-hydroxylation sites is 1. The van der Waals surface area contributed by atoms with E-state index in [-0.39, 0.29) is 36.7 Å². The van der Waals surface area contributed by atoms with Gasteiger partial charge in [-0.1, -0.05) is 24.1 Å². The summed E-state index contributed by atoms with van der Waals surface area (Å²) >= 11 is 0. The number of piperidine rings is 1. The Kier molecular flexibility index (Phi) is 6.76. The SMILES string of the molecule is CC#CCn1c(N2CCC[C@@H](N)C2)nc2c(=O)n(CCF)n(Cc3nc(C)c4ccccc4n3)c(=O)c21. The molecule has 1 saturated heterocycles. The van der Waals surface area contributed by atoms with Crippen LogP contribution in [0, 0.1) is 18.8 Å². The molecule has 3 aromatic heterocycles. The van der Waals surface area contributed by atoms with Crippen LogP contribution in [0.15, 0.2) is 33.9 Å². The molecule has 4 aromatic rings. The third-order valence-electron chi connectivity index (χ3n) is 6.70. The summed E-state index contributed by atoms with van der Waals surface area (Å²) in [6.45, 7) is 3.81. The number of alkyl halides is 1. The number of anilines is 1. The topological polar surface area (TPSA) is 117 Å². The summed E-state index contributed by atoms with van der Waals surface area (Å²) in [5.41, 5.74) is 6.79. The first kappa shape index (κ1) is 24.6. The van der Waals surface area contributed by atoms with E-state index in [2.05, 4.69) is 26.8 Å². The van der Waals surface area contributed by atoms with E-state index in [9.17, 15) is 14.0 Å². The number of hydrogen-bond donors (Lipinski definition) is 1. The van der Waals surface area contributed by atoms with Crippen LogP contribution in [0.4, 0.5) is 10.3 Å². The van der Waals surface area contributed by atoms with Crippen molar-refractivity contribution in [2.45, 2.75) is 52.4 Å². The number of aromatic nitrogens is 6. The highest BCUT2D eigenvalue weighted by Crippen LogP contribution is 2.22. The Labute approximate surface area is 212 Å². The Balaban J connectivity index is 1.73. The fraction of sp³-hybridized carbons (Fsp3) is 0.423. The fourth-order valence-electron chi connectivity index (χ4n) is 4.97. The number of benzene rings is 1. The van der Waals surface area contributed by atoms with E-state index < -0.39 is 17.8 Å². The van der Waals surface area contributed by atoms with Crippen molar-refractivity contribution in [2.24, 2.45) is 5.73 Å². The second-order valence-corrected chi connectivity index (χ2v) is 9.19. The minimum Gasteiger partial charge on any atom is -0.341 e.